The number of sulfonamides is 1. The molecule has 0 aliphatic heterocycles. The van der Waals surface area contributed by atoms with E-state index in [1.165, 1.54) is 56.6 Å². The molecule has 0 saturated heterocycles. The first-order valence-corrected chi connectivity index (χ1v) is 15.4. The Kier molecular flexibility index (Phi) is 11.3. The van der Waals surface area contributed by atoms with Crippen molar-refractivity contribution in [1.29, 1.82) is 0 Å². The predicted molar refractivity (Wildman–Crippen MR) is 167 cm³/mol. The molecular weight excluding hydrogens is 594 g/mol. The van der Waals surface area contributed by atoms with Crippen LogP contribution < -0.4 is 23.8 Å². The maximum atomic E-state index is 14.3. The van der Waals surface area contributed by atoms with Gasteiger partial charge < -0.3 is 24.4 Å². The fraction of sp³-hybridized carbons (Fsp3) is 0.355. The number of anilines is 1. The number of methoxy groups -OCH3 is 3. The summed E-state index contributed by atoms with van der Waals surface area (Å²) in [6, 6.07) is 15.1. The van der Waals surface area contributed by atoms with Crippen molar-refractivity contribution in [2.24, 2.45) is 0 Å². The Morgan fingerprint density at radius 2 is 1.53 bits per heavy atom. The minimum absolute atomic E-state index is 0.0490. The van der Waals surface area contributed by atoms with Crippen LogP contribution in [0, 0.1) is 6.92 Å². The summed E-state index contributed by atoms with van der Waals surface area (Å²) in [6.07, 6.45) is 0. The molecule has 12 heteroatoms. The zero-order chi connectivity index (χ0) is 31.9. The third kappa shape index (κ3) is 8.11. The van der Waals surface area contributed by atoms with Crippen molar-refractivity contribution < 1.29 is 32.2 Å². The summed E-state index contributed by atoms with van der Waals surface area (Å²) in [6.45, 7) is 6.59. The summed E-state index contributed by atoms with van der Waals surface area (Å²) in [5.41, 5.74) is 1.81. The first kappa shape index (κ1) is 33.5. The van der Waals surface area contributed by atoms with Crippen LogP contribution in [0.2, 0.25) is 5.02 Å². The van der Waals surface area contributed by atoms with E-state index in [2.05, 4.69) is 5.32 Å². The quantitative estimate of drug-likeness (QED) is 0.288. The van der Waals surface area contributed by atoms with Crippen LogP contribution in [-0.4, -0.2) is 65.1 Å². The molecule has 0 radical (unpaired) electrons. The first-order valence-electron chi connectivity index (χ1n) is 13.6. The Hall–Kier alpha value is -3.96. The molecule has 2 amide bonds. The van der Waals surface area contributed by atoms with E-state index in [4.69, 9.17) is 25.8 Å². The number of benzene rings is 3. The topological polar surface area (TPSA) is 114 Å². The first-order chi connectivity index (χ1) is 20.3. The summed E-state index contributed by atoms with van der Waals surface area (Å²) in [7, 11) is -0.207. The van der Waals surface area contributed by atoms with Gasteiger partial charge in [-0.05, 0) is 63.6 Å². The summed E-state index contributed by atoms with van der Waals surface area (Å²) in [5.74, 6) is -0.284. The van der Waals surface area contributed by atoms with Crippen molar-refractivity contribution >= 4 is 39.1 Å². The molecule has 0 fully saturated rings. The Morgan fingerprint density at radius 3 is 2.14 bits per heavy atom. The fourth-order valence-electron chi connectivity index (χ4n) is 4.47. The van der Waals surface area contributed by atoms with E-state index in [0.29, 0.717) is 5.75 Å². The van der Waals surface area contributed by atoms with Gasteiger partial charge in [-0.2, -0.15) is 0 Å². The normalized spacial score (nSPS) is 11.9. The van der Waals surface area contributed by atoms with Crippen LogP contribution in [0.1, 0.15) is 31.9 Å². The van der Waals surface area contributed by atoms with Crippen LogP contribution in [-0.2, 0) is 26.2 Å². The lowest BCUT2D eigenvalue weighted by Gasteiger charge is -2.32. The largest absolute Gasteiger partial charge is 0.495 e. The third-order valence-electron chi connectivity index (χ3n) is 6.67. The number of amides is 2. The molecule has 0 bridgehead atoms. The lowest BCUT2D eigenvalue weighted by atomic mass is 10.1. The molecule has 3 aromatic carbocycles. The van der Waals surface area contributed by atoms with Crippen molar-refractivity contribution in [2.75, 3.05) is 32.2 Å². The highest BCUT2D eigenvalue weighted by Crippen LogP contribution is 2.37. The van der Waals surface area contributed by atoms with Crippen molar-refractivity contribution in [3.63, 3.8) is 0 Å². The lowest BCUT2D eigenvalue weighted by Crippen LogP contribution is -2.52. The summed E-state index contributed by atoms with van der Waals surface area (Å²) in [4.78, 5) is 28.5. The van der Waals surface area contributed by atoms with Gasteiger partial charge in [-0.25, -0.2) is 8.42 Å². The van der Waals surface area contributed by atoms with Gasteiger partial charge in [0.2, 0.25) is 11.8 Å². The SMILES string of the molecule is COc1ccc(S(=O)(=O)N(CC(=O)N(Cc2cccc(C)c2)[C@@H](C)C(=O)NC(C)C)c2cc(Cl)ccc2OC)cc1OC. The number of carbonyl (C=O) groups is 2. The highest BCUT2D eigenvalue weighted by atomic mass is 35.5. The van der Waals surface area contributed by atoms with Gasteiger partial charge in [-0.3, -0.25) is 13.9 Å². The van der Waals surface area contributed by atoms with Crippen LogP contribution in [0.5, 0.6) is 17.2 Å². The van der Waals surface area contributed by atoms with E-state index >= 15 is 0 Å². The molecule has 1 atom stereocenters. The second-order valence-electron chi connectivity index (χ2n) is 10.2. The summed E-state index contributed by atoms with van der Waals surface area (Å²) in [5, 5.41) is 3.07. The second-order valence-corrected chi connectivity index (χ2v) is 12.5. The van der Waals surface area contributed by atoms with Crippen LogP contribution >= 0.6 is 11.6 Å². The molecular formula is C31H38ClN3O7S. The van der Waals surface area contributed by atoms with Crippen LogP contribution in [0.3, 0.4) is 0 Å². The smallest absolute Gasteiger partial charge is 0.265 e. The predicted octanol–water partition coefficient (Wildman–Crippen LogP) is 4.81. The van der Waals surface area contributed by atoms with Crippen molar-refractivity contribution in [1.82, 2.24) is 10.2 Å². The van der Waals surface area contributed by atoms with E-state index in [9.17, 15) is 18.0 Å². The van der Waals surface area contributed by atoms with E-state index in [1.807, 2.05) is 45.0 Å². The molecule has 232 valence electrons. The van der Waals surface area contributed by atoms with Gasteiger partial charge >= 0.3 is 0 Å². The lowest BCUT2D eigenvalue weighted by molar-refractivity contribution is -0.139. The van der Waals surface area contributed by atoms with Gasteiger partial charge in [0.1, 0.15) is 18.3 Å². The highest BCUT2D eigenvalue weighted by Gasteiger charge is 2.34. The van der Waals surface area contributed by atoms with E-state index in [1.54, 1.807) is 13.0 Å². The number of carbonyl (C=O) groups excluding carboxylic acids is 2. The molecule has 0 aliphatic rings. The number of nitrogens with one attached hydrogen (secondary N) is 1. The molecule has 3 rings (SSSR count). The minimum atomic E-state index is -4.42. The maximum absolute atomic E-state index is 14.3. The van der Waals surface area contributed by atoms with E-state index in [0.717, 1.165) is 15.4 Å². The molecule has 10 nitrogen and oxygen atoms in total. The minimum Gasteiger partial charge on any atom is -0.495 e. The highest BCUT2D eigenvalue weighted by molar-refractivity contribution is 7.92. The summed E-state index contributed by atoms with van der Waals surface area (Å²) >= 11 is 6.30. The van der Waals surface area contributed by atoms with Gasteiger partial charge in [0.15, 0.2) is 11.5 Å². The molecule has 0 aromatic heterocycles. The second kappa shape index (κ2) is 14.5. The molecule has 1 N–H and O–H groups in total. The van der Waals surface area contributed by atoms with E-state index in [-0.39, 0.29) is 45.6 Å². The average molecular weight is 632 g/mol. The molecule has 43 heavy (non-hydrogen) atoms. The number of rotatable bonds is 13. The number of hydrogen-bond acceptors (Lipinski definition) is 7. The van der Waals surface area contributed by atoms with Crippen LogP contribution in [0.25, 0.3) is 0 Å². The summed E-state index contributed by atoms with van der Waals surface area (Å²) < 4.78 is 45.5. The standard InChI is InChI=1S/C31H38ClN3O7S/c1-20(2)33-31(37)22(4)34(18-23-10-8-9-21(3)15-23)30(36)19-35(26-16-24(32)11-13-27(26)40-5)43(38,39)25-12-14-28(41-6)29(17-25)42-7/h8-17,20,22H,18-19H2,1-7H3,(H,33,37)/t22-/m0/s1. The van der Waals surface area contributed by atoms with Gasteiger partial charge in [0.25, 0.3) is 10.0 Å². The molecule has 3 aromatic rings. The number of aryl methyl sites for hydroxylation is 1. The maximum Gasteiger partial charge on any atom is 0.265 e. The number of hydrogen-bond donors (Lipinski definition) is 1. The van der Waals surface area contributed by atoms with Gasteiger partial charge in [-0.15, -0.1) is 0 Å². The van der Waals surface area contributed by atoms with Gasteiger partial charge in [-0.1, -0.05) is 41.4 Å². The third-order valence-corrected chi connectivity index (χ3v) is 8.66. The fourth-order valence-corrected chi connectivity index (χ4v) is 6.07. The Morgan fingerprint density at radius 1 is 0.884 bits per heavy atom. The van der Waals surface area contributed by atoms with Gasteiger partial charge in [0, 0.05) is 23.7 Å². The average Bonchev–Trinajstić information content (AvgIpc) is 2.97. The molecule has 0 unspecified atom stereocenters. The van der Waals surface area contributed by atoms with E-state index < -0.39 is 28.5 Å². The Balaban J connectivity index is 2.15. The van der Waals surface area contributed by atoms with Crippen molar-refractivity contribution in [3.05, 3.63) is 76.8 Å². The molecule has 0 heterocycles. The van der Waals surface area contributed by atoms with Crippen LogP contribution in [0.15, 0.2) is 65.6 Å². The number of nitrogens with zero attached hydrogens (tertiary/aromatic N) is 2. The zero-order valence-corrected chi connectivity index (χ0v) is 27.0. The monoisotopic (exact) mass is 631 g/mol. The van der Waals surface area contributed by atoms with Crippen molar-refractivity contribution in [3.8, 4) is 17.2 Å². The number of halogens is 1. The number of ether oxygens (including phenoxy) is 3. The molecule has 0 aliphatic carbocycles. The zero-order valence-electron chi connectivity index (χ0n) is 25.4. The molecule has 0 saturated carbocycles. The Labute approximate surface area is 258 Å². The van der Waals surface area contributed by atoms with Crippen LogP contribution in [0.4, 0.5) is 5.69 Å². The molecule has 0 spiro atoms. The van der Waals surface area contributed by atoms with Crippen molar-refractivity contribution in [2.45, 2.75) is 51.2 Å². The Bertz CT molecular complexity index is 1560. The van der Waals surface area contributed by atoms with Gasteiger partial charge in [0.05, 0.1) is 31.9 Å².